The van der Waals surface area contributed by atoms with Crippen LogP contribution in [0.4, 0.5) is 5.95 Å². The topological polar surface area (TPSA) is 82.5 Å². The molecule has 0 aliphatic rings. The Kier molecular flexibility index (Phi) is 6.01. The summed E-state index contributed by atoms with van der Waals surface area (Å²) in [7, 11) is -0.364. The monoisotopic (exact) mass is 401 g/mol. The number of aryl methyl sites for hydroxylation is 2. The summed E-state index contributed by atoms with van der Waals surface area (Å²) in [6.45, 7) is 2.11. The maximum Gasteiger partial charge on any atom is 0.264 e. The first-order chi connectivity index (χ1) is 13.4. The molecule has 0 spiro atoms. The molecule has 0 unspecified atom stereocenters. The summed E-state index contributed by atoms with van der Waals surface area (Å²) in [4.78, 5) is 4.63. The lowest BCUT2D eigenvalue weighted by Gasteiger charge is -2.07. The quantitative estimate of drug-likeness (QED) is 0.587. The highest BCUT2D eigenvalue weighted by Crippen LogP contribution is 2.19. The third-order valence-corrected chi connectivity index (χ3v) is 5.48. The number of hydrogen-bond donors (Lipinski definition) is 1. The van der Waals surface area contributed by atoms with Gasteiger partial charge in [-0.2, -0.15) is 0 Å². The fourth-order valence-corrected chi connectivity index (χ4v) is 3.69. The number of nitrogens with one attached hydrogen (secondary N) is 1. The van der Waals surface area contributed by atoms with Gasteiger partial charge in [-0.25, -0.2) is 18.1 Å². The van der Waals surface area contributed by atoms with Crippen molar-refractivity contribution >= 4 is 16.0 Å². The van der Waals surface area contributed by atoms with E-state index in [2.05, 4.69) is 9.71 Å². The molecular formula is C20H23N3O4S. The van der Waals surface area contributed by atoms with Crippen LogP contribution in [-0.4, -0.2) is 31.9 Å². The van der Waals surface area contributed by atoms with Crippen molar-refractivity contribution in [3.8, 4) is 5.75 Å². The highest BCUT2D eigenvalue weighted by Gasteiger charge is 2.17. The molecule has 0 amide bonds. The molecule has 1 heterocycles. The van der Waals surface area contributed by atoms with E-state index < -0.39 is 10.0 Å². The summed E-state index contributed by atoms with van der Waals surface area (Å²) < 4.78 is 39.6. The first-order valence-electron chi connectivity index (χ1n) is 8.70. The highest BCUT2D eigenvalue weighted by molar-refractivity contribution is 7.92. The Labute approximate surface area is 165 Å². The van der Waals surface area contributed by atoms with Gasteiger partial charge in [0.25, 0.3) is 10.0 Å². The number of anilines is 1. The van der Waals surface area contributed by atoms with Gasteiger partial charge in [-0.3, -0.25) is 0 Å². The molecular weight excluding hydrogens is 378 g/mol. The van der Waals surface area contributed by atoms with Crippen LogP contribution in [0.15, 0.2) is 59.6 Å². The van der Waals surface area contributed by atoms with Gasteiger partial charge in [0, 0.05) is 26.8 Å². The molecule has 0 atom stereocenters. The highest BCUT2D eigenvalue weighted by atomic mass is 32.2. The van der Waals surface area contributed by atoms with E-state index in [-0.39, 0.29) is 17.6 Å². The Bertz CT molecular complexity index is 1030. The maximum atomic E-state index is 12.6. The zero-order valence-electron chi connectivity index (χ0n) is 16.0. The molecule has 3 rings (SSSR count). The molecule has 0 bridgehead atoms. The second kappa shape index (κ2) is 8.45. The van der Waals surface area contributed by atoms with Crippen LogP contribution < -0.4 is 9.46 Å². The summed E-state index contributed by atoms with van der Waals surface area (Å²) in [6, 6.07) is 14.3. The van der Waals surface area contributed by atoms with Crippen molar-refractivity contribution in [1.29, 1.82) is 0 Å². The van der Waals surface area contributed by atoms with Crippen LogP contribution in [0.2, 0.25) is 0 Å². The van der Waals surface area contributed by atoms with Crippen LogP contribution in [0.3, 0.4) is 0 Å². The van der Waals surface area contributed by atoms with Crippen molar-refractivity contribution in [3.05, 3.63) is 71.5 Å². The summed E-state index contributed by atoms with van der Waals surface area (Å²) >= 11 is 0. The number of nitrogens with zero attached hydrogens (tertiary/aromatic N) is 2. The number of ether oxygens (including phenoxy) is 2. The number of imidazole rings is 1. The lowest BCUT2D eigenvalue weighted by molar-refractivity contribution is 0.0511. The molecule has 148 valence electrons. The number of methoxy groups -OCH3 is 1. The number of benzene rings is 2. The third kappa shape index (κ3) is 4.90. The first-order valence-corrected chi connectivity index (χ1v) is 10.2. The van der Waals surface area contributed by atoms with Crippen LogP contribution in [0.5, 0.6) is 5.75 Å². The molecule has 0 aliphatic carbocycles. The Hall–Kier alpha value is -2.84. The predicted octanol–water partition coefficient (Wildman–Crippen LogP) is 3.10. The first kappa shape index (κ1) is 19.9. The Morgan fingerprint density at radius 2 is 1.75 bits per heavy atom. The summed E-state index contributed by atoms with van der Waals surface area (Å²) in [5, 5.41) is 0. The van der Waals surface area contributed by atoms with Crippen molar-refractivity contribution in [2.45, 2.75) is 18.2 Å². The standard InChI is InChI=1S/C20H23N3O4S/c1-15-4-10-19(11-5-15)28(24,25)22-20-21-17(13-23(20)2)12-16-6-8-18(9-7-16)27-14-26-3/h4-11,13H,12,14H2,1-3H3,(H,21,22). The third-order valence-electron chi connectivity index (χ3n) is 4.14. The molecule has 28 heavy (non-hydrogen) atoms. The van der Waals surface area contributed by atoms with Gasteiger partial charge >= 0.3 is 0 Å². The van der Waals surface area contributed by atoms with Crippen molar-refractivity contribution in [3.63, 3.8) is 0 Å². The predicted molar refractivity (Wildman–Crippen MR) is 107 cm³/mol. The zero-order chi connectivity index (χ0) is 20.1. The van der Waals surface area contributed by atoms with Crippen molar-refractivity contribution in [1.82, 2.24) is 9.55 Å². The molecule has 1 aromatic heterocycles. The minimum atomic E-state index is -3.69. The molecule has 7 nitrogen and oxygen atoms in total. The van der Waals surface area contributed by atoms with Crippen molar-refractivity contribution in [2.75, 3.05) is 18.6 Å². The van der Waals surface area contributed by atoms with E-state index in [4.69, 9.17) is 9.47 Å². The van der Waals surface area contributed by atoms with Crippen LogP contribution in [0.25, 0.3) is 0 Å². The van der Waals surface area contributed by atoms with Gasteiger partial charge in [-0.15, -0.1) is 0 Å². The molecule has 0 aliphatic heterocycles. The van der Waals surface area contributed by atoms with Gasteiger partial charge < -0.3 is 14.0 Å². The lowest BCUT2D eigenvalue weighted by Crippen LogP contribution is -2.15. The second-order valence-corrected chi connectivity index (χ2v) is 8.14. The average Bonchev–Trinajstić information content (AvgIpc) is 2.99. The maximum absolute atomic E-state index is 12.6. The van der Waals surface area contributed by atoms with E-state index in [9.17, 15) is 8.42 Å². The number of rotatable bonds is 8. The lowest BCUT2D eigenvalue weighted by atomic mass is 10.1. The Morgan fingerprint density at radius 1 is 1.07 bits per heavy atom. The van der Waals surface area contributed by atoms with E-state index >= 15 is 0 Å². The summed E-state index contributed by atoms with van der Waals surface area (Å²) in [6.07, 6.45) is 2.38. The number of aromatic nitrogens is 2. The van der Waals surface area contributed by atoms with Crippen LogP contribution in [0.1, 0.15) is 16.8 Å². The number of hydrogen-bond acceptors (Lipinski definition) is 5. The minimum Gasteiger partial charge on any atom is -0.468 e. The van der Waals surface area contributed by atoms with Gasteiger partial charge in [-0.05, 0) is 36.8 Å². The molecule has 0 saturated carbocycles. The van der Waals surface area contributed by atoms with Crippen molar-refractivity contribution in [2.24, 2.45) is 7.05 Å². The van der Waals surface area contributed by atoms with Gasteiger partial charge in [0.05, 0.1) is 10.6 Å². The molecule has 0 saturated heterocycles. The summed E-state index contributed by atoms with van der Waals surface area (Å²) in [5.41, 5.74) is 2.79. The number of sulfonamides is 1. The van der Waals surface area contributed by atoms with E-state index in [1.54, 1.807) is 43.0 Å². The largest absolute Gasteiger partial charge is 0.468 e. The molecule has 8 heteroatoms. The van der Waals surface area contributed by atoms with E-state index in [1.165, 1.54) is 0 Å². The van der Waals surface area contributed by atoms with Crippen LogP contribution >= 0.6 is 0 Å². The van der Waals surface area contributed by atoms with E-state index in [0.29, 0.717) is 6.42 Å². The fraction of sp³-hybridized carbons (Fsp3) is 0.250. The molecule has 1 N–H and O–H groups in total. The molecule has 2 aromatic carbocycles. The van der Waals surface area contributed by atoms with E-state index in [1.807, 2.05) is 37.4 Å². The van der Waals surface area contributed by atoms with Gasteiger partial charge in [0.15, 0.2) is 6.79 Å². The minimum absolute atomic E-state index is 0.198. The SMILES string of the molecule is COCOc1ccc(Cc2cn(C)c(NS(=O)(=O)c3ccc(C)cc3)n2)cc1. The summed E-state index contributed by atoms with van der Waals surface area (Å²) in [5.74, 6) is 0.994. The van der Waals surface area contributed by atoms with Gasteiger partial charge in [0.1, 0.15) is 5.75 Å². The average molecular weight is 401 g/mol. The smallest absolute Gasteiger partial charge is 0.264 e. The molecule has 3 aromatic rings. The van der Waals surface area contributed by atoms with Gasteiger partial charge in [-0.1, -0.05) is 29.8 Å². The molecule has 0 radical (unpaired) electrons. The van der Waals surface area contributed by atoms with Crippen molar-refractivity contribution < 1.29 is 17.9 Å². The molecule has 0 fully saturated rings. The van der Waals surface area contributed by atoms with E-state index in [0.717, 1.165) is 22.6 Å². The van der Waals surface area contributed by atoms with Crippen LogP contribution in [0, 0.1) is 6.92 Å². The Balaban J connectivity index is 1.71. The van der Waals surface area contributed by atoms with Gasteiger partial charge in [0.2, 0.25) is 5.95 Å². The normalized spacial score (nSPS) is 11.4. The second-order valence-electron chi connectivity index (χ2n) is 6.46. The van der Waals surface area contributed by atoms with Crippen LogP contribution in [-0.2, 0) is 28.2 Å². The fourth-order valence-electron chi connectivity index (χ4n) is 2.64. The Morgan fingerprint density at radius 3 is 2.39 bits per heavy atom. The zero-order valence-corrected chi connectivity index (χ0v) is 16.9.